The molecule has 3 aromatic rings. The molecule has 10 heteroatoms. The molecule has 146 valence electrons. The van der Waals surface area contributed by atoms with E-state index in [0.29, 0.717) is 5.56 Å². The van der Waals surface area contributed by atoms with Crippen molar-refractivity contribution in [1.82, 2.24) is 10.2 Å². The summed E-state index contributed by atoms with van der Waals surface area (Å²) in [6, 6.07) is 13.0. The molecule has 3 rings (SSSR count). The first-order valence-corrected chi connectivity index (χ1v) is 9.55. The largest absolute Gasteiger partial charge is 0.449 e. The maximum absolute atomic E-state index is 12.5. The van der Waals surface area contributed by atoms with Crippen LogP contribution in [-0.2, 0) is 14.6 Å². The fraction of sp³-hybridized carbons (Fsp3) is 0.167. The number of carbonyl (C=O) groups is 1. The van der Waals surface area contributed by atoms with Crippen molar-refractivity contribution in [2.24, 2.45) is 0 Å². The van der Waals surface area contributed by atoms with Gasteiger partial charge in [-0.15, -0.1) is 10.2 Å². The van der Waals surface area contributed by atoms with Crippen molar-refractivity contribution in [2.45, 2.75) is 23.7 Å². The molecule has 0 fully saturated rings. The van der Waals surface area contributed by atoms with E-state index < -0.39 is 32.6 Å². The average molecular weight is 408 g/mol. The topological polar surface area (TPSA) is 99.4 Å². The number of hydrogen-bond acceptors (Lipinski definition) is 7. The second kappa shape index (κ2) is 7.85. The van der Waals surface area contributed by atoms with E-state index in [1.54, 1.807) is 24.3 Å². The predicted molar refractivity (Wildman–Crippen MR) is 93.2 cm³/mol. The predicted octanol–water partition coefficient (Wildman–Crippen LogP) is 3.65. The van der Waals surface area contributed by atoms with E-state index in [9.17, 15) is 22.0 Å². The minimum absolute atomic E-state index is 0.0112. The fourth-order valence-electron chi connectivity index (χ4n) is 2.26. The van der Waals surface area contributed by atoms with E-state index >= 15 is 0 Å². The van der Waals surface area contributed by atoms with Crippen molar-refractivity contribution in [3.8, 4) is 11.5 Å². The van der Waals surface area contributed by atoms with Crippen LogP contribution >= 0.6 is 0 Å². The standard InChI is InChI=1S/C18H14F2N2O5S/c1-11(15-21-22-16(27-15)12-5-3-2-4-6-12)26-17(23)13-7-9-14(10-8-13)28(24,25)18(19)20/h2-11,18H,1H3/t11-/m1/s1. The molecular weight excluding hydrogens is 394 g/mol. The Bertz CT molecular complexity index is 1070. The summed E-state index contributed by atoms with van der Waals surface area (Å²) in [7, 11) is -4.73. The number of sulfone groups is 1. The minimum atomic E-state index is -4.73. The fourth-order valence-corrected chi connectivity index (χ4v) is 2.98. The van der Waals surface area contributed by atoms with Gasteiger partial charge in [-0.05, 0) is 43.3 Å². The molecule has 0 radical (unpaired) electrons. The van der Waals surface area contributed by atoms with Gasteiger partial charge in [0.2, 0.25) is 15.7 Å². The van der Waals surface area contributed by atoms with Crippen LogP contribution < -0.4 is 0 Å². The number of hydrogen-bond donors (Lipinski definition) is 0. The van der Waals surface area contributed by atoms with Crippen molar-refractivity contribution in [2.75, 3.05) is 0 Å². The van der Waals surface area contributed by atoms with E-state index in [0.717, 1.165) is 24.3 Å². The molecule has 7 nitrogen and oxygen atoms in total. The lowest BCUT2D eigenvalue weighted by molar-refractivity contribution is 0.0279. The molecule has 0 saturated heterocycles. The summed E-state index contributed by atoms with van der Waals surface area (Å²) in [6.07, 6.45) is -0.873. The molecule has 0 saturated carbocycles. The number of ether oxygens (including phenoxy) is 1. The summed E-state index contributed by atoms with van der Waals surface area (Å²) >= 11 is 0. The third-order valence-corrected chi connectivity index (χ3v) is 5.14. The lowest BCUT2D eigenvalue weighted by atomic mass is 10.2. The van der Waals surface area contributed by atoms with Crippen LogP contribution in [0.1, 0.15) is 29.3 Å². The maximum atomic E-state index is 12.5. The summed E-state index contributed by atoms with van der Waals surface area (Å²) in [4.78, 5) is 11.6. The Kier molecular flexibility index (Phi) is 5.50. The zero-order valence-electron chi connectivity index (χ0n) is 14.5. The van der Waals surface area contributed by atoms with Gasteiger partial charge in [0.1, 0.15) is 0 Å². The van der Waals surface area contributed by atoms with Crippen LogP contribution in [0.2, 0.25) is 0 Å². The number of nitrogens with zero attached hydrogens (tertiary/aromatic N) is 2. The van der Waals surface area contributed by atoms with Crippen molar-refractivity contribution in [1.29, 1.82) is 0 Å². The molecule has 0 aliphatic heterocycles. The molecule has 0 aliphatic rings. The number of esters is 1. The van der Waals surface area contributed by atoms with Gasteiger partial charge in [0.05, 0.1) is 10.5 Å². The number of alkyl halides is 2. The molecule has 28 heavy (non-hydrogen) atoms. The Morgan fingerprint density at radius 1 is 1.04 bits per heavy atom. The van der Waals surface area contributed by atoms with Gasteiger partial charge in [0.25, 0.3) is 5.89 Å². The van der Waals surface area contributed by atoms with E-state index in [2.05, 4.69) is 10.2 Å². The minimum Gasteiger partial charge on any atom is -0.449 e. The van der Waals surface area contributed by atoms with Gasteiger partial charge in [0, 0.05) is 5.56 Å². The molecule has 1 heterocycles. The van der Waals surface area contributed by atoms with Crippen molar-refractivity contribution in [3.63, 3.8) is 0 Å². The molecule has 0 amide bonds. The zero-order chi connectivity index (χ0) is 20.3. The Balaban J connectivity index is 1.70. The van der Waals surface area contributed by atoms with Crippen LogP contribution in [-0.4, -0.2) is 30.3 Å². The van der Waals surface area contributed by atoms with Gasteiger partial charge in [-0.1, -0.05) is 18.2 Å². The lowest BCUT2D eigenvalue weighted by Gasteiger charge is -2.10. The number of rotatable bonds is 6. The van der Waals surface area contributed by atoms with Crippen molar-refractivity contribution in [3.05, 3.63) is 66.1 Å². The van der Waals surface area contributed by atoms with Crippen LogP contribution in [0.5, 0.6) is 0 Å². The maximum Gasteiger partial charge on any atom is 0.341 e. The Morgan fingerprint density at radius 3 is 2.29 bits per heavy atom. The Hall–Kier alpha value is -3.14. The highest BCUT2D eigenvalue weighted by atomic mass is 32.2. The van der Waals surface area contributed by atoms with E-state index in [1.165, 1.54) is 6.92 Å². The monoisotopic (exact) mass is 408 g/mol. The van der Waals surface area contributed by atoms with Gasteiger partial charge in [-0.3, -0.25) is 0 Å². The number of aromatic nitrogens is 2. The Labute approximate surface area is 158 Å². The van der Waals surface area contributed by atoms with E-state index in [4.69, 9.17) is 9.15 Å². The lowest BCUT2D eigenvalue weighted by Crippen LogP contribution is -2.12. The second-order valence-electron chi connectivity index (χ2n) is 5.69. The van der Waals surface area contributed by atoms with Crippen LogP contribution in [0.4, 0.5) is 8.78 Å². The second-order valence-corrected chi connectivity index (χ2v) is 7.61. The summed E-state index contributed by atoms with van der Waals surface area (Å²) in [5.41, 5.74) is 0.693. The molecule has 0 unspecified atom stereocenters. The summed E-state index contributed by atoms with van der Waals surface area (Å²) in [5, 5.41) is 7.75. The SMILES string of the molecule is C[C@@H](OC(=O)c1ccc(S(=O)(=O)C(F)F)cc1)c1nnc(-c2ccccc2)o1. The van der Waals surface area contributed by atoms with Gasteiger partial charge < -0.3 is 9.15 Å². The normalized spacial score (nSPS) is 12.7. The average Bonchev–Trinajstić information content (AvgIpc) is 3.19. The number of carbonyl (C=O) groups excluding carboxylic acids is 1. The number of halogens is 2. The van der Waals surface area contributed by atoms with Gasteiger partial charge >= 0.3 is 11.7 Å². The van der Waals surface area contributed by atoms with Crippen LogP contribution in [0.25, 0.3) is 11.5 Å². The highest BCUT2D eigenvalue weighted by Crippen LogP contribution is 2.24. The summed E-state index contributed by atoms with van der Waals surface area (Å²) in [5.74, 6) is -4.00. The molecule has 0 aliphatic carbocycles. The smallest absolute Gasteiger partial charge is 0.341 e. The molecular formula is C18H14F2N2O5S. The van der Waals surface area contributed by atoms with Crippen LogP contribution in [0.15, 0.2) is 63.9 Å². The number of benzene rings is 2. The highest BCUT2D eigenvalue weighted by molar-refractivity contribution is 7.91. The van der Waals surface area contributed by atoms with Gasteiger partial charge in [0.15, 0.2) is 6.10 Å². The van der Waals surface area contributed by atoms with Crippen molar-refractivity contribution < 1.29 is 31.1 Å². The van der Waals surface area contributed by atoms with Crippen LogP contribution in [0.3, 0.4) is 0 Å². The molecule has 0 bridgehead atoms. The Morgan fingerprint density at radius 2 is 1.68 bits per heavy atom. The molecule has 0 N–H and O–H groups in total. The first-order chi connectivity index (χ1) is 13.3. The quantitative estimate of drug-likeness (QED) is 0.574. The van der Waals surface area contributed by atoms with Crippen molar-refractivity contribution >= 4 is 15.8 Å². The molecule has 1 atom stereocenters. The zero-order valence-corrected chi connectivity index (χ0v) is 15.3. The van der Waals surface area contributed by atoms with E-state index in [-0.39, 0.29) is 17.3 Å². The first-order valence-electron chi connectivity index (χ1n) is 8.01. The third kappa shape index (κ3) is 4.06. The molecule has 2 aromatic carbocycles. The third-order valence-electron chi connectivity index (χ3n) is 3.75. The van der Waals surface area contributed by atoms with E-state index in [1.807, 2.05) is 6.07 Å². The molecule has 0 spiro atoms. The summed E-state index contributed by atoms with van der Waals surface area (Å²) < 4.78 is 58.6. The summed E-state index contributed by atoms with van der Waals surface area (Å²) in [6.45, 7) is 1.52. The first kappa shape index (κ1) is 19.6. The van der Waals surface area contributed by atoms with Gasteiger partial charge in [-0.25, -0.2) is 13.2 Å². The van der Waals surface area contributed by atoms with Crippen LogP contribution in [0, 0.1) is 0 Å². The highest BCUT2D eigenvalue weighted by Gasteiger charge is 2.27. The molecule has 1 aromatic heterocycles. The van der Waals surface area contributed by atoms with Gasteiger partial charge in [-0.2, -0.15) is 8.78 Å².